The van der Waals surface area contributed by atoms with Crippen molar-refractivity contribution >= 4 is 74.2 Å². The lowest BCUT2D eigenvalue weighted by Crippen LogP contribution is -2.58. The maximum absolute atomic E-state index is 16.9. The lowest BCUT2D eigenvalue weighted by Gasteiger charge is -2.35. The molecule has 4 atom stereocenters. The summed E-state index contributed by atoms with van der Waals surface area (Å²) >= 11 is 8.43. The molecule has 4 aromatic carbocycles. The quantitative estimate of drug-likeness (QED) is 0.0288. The number of anilines is 1. The number of thiazole rings is 1. The van der Waals surface area contributed by atoms with Crippen LogP contribution in [-0.4, -0.2) is 169 Å². The molecule has 4 heterocycles. The fraction of sp³-hybridized carbons (Fsp3) is 0.483. The first kappa shape index (κ1) is 61.6. The molecule has 2 saturated heterocycles. The van der Waals surface area contributed by atoms with Gasteiger partial charge in [-0.15, -0.1) is 11.3 Å². The summed E-state index contributed by atoms with van der Waals surface area (Å²) < 4.78 is 39.3. The number of hydrogen-bond acceptors (Lipinski definition) is 16. The minimum Gasteiger partial charge on any atom is -0.508 e. The van der Waals surface area contributed by atoms with Gasteiger partial charge in [-0.1, -0.05) is 80.9 Å². The molecular formula is C60H75ClFN9O10S. The first-order valence-electron chi connectivity index (χ1n) is 27.9. The molecule has 2 aliphatic heterocycles. The molecule has 0 aliphatic carbocycles. The summed E-state index contributed by atoms with van der Waals surface area (Å²) in [5.74, 6) is -1.87. The molecule has 2 aromatic heterocycles. The van der Waals surface area contributed by atoms with Crippen molar-refractivity contribution in [2.75, 3.05) is 97.9 Å². The molecule has 2 fully saturated rings. The van der Waals surface area contributed by atoms with Crippen molar-refractivity contribution in [3.8, 4) is 27.3 Å². The maximum Gasteiger partial charge on any atom is 0.246 e. The van der Waals surface area contributed by atoms with E-state index in [2.05, 4.69) is 31.2 Å². The summed E-state index contributed by atoms with van der Waals surface area (Å²) in [6.45, 7) is 12.9. The van der Waals surface area contributed by atoms with Crippen LogP contribution in [-0.2, 0) is 38.1 Å². The van der Waals surface area contributed by atoms with E-state index in [1.165, 1.54) is 11.0 Å². The van der Waals surface area contributed by atoms with Gasteiger partial charge in [0.15, 0.2) is 5.82 Å². The fourth-order valence-electron chi connectivity index (χ4n) is 10.3. The number of aromatic nitrogens is 3. The number of nitrogens with zero attached hydrogens (tertiary/aromatic N) is 5. The molecule has 440 valence electrons. The number of benzene rings is 4. The van der Waals surface area contributed by atoms with Gasteiger partial charge in [-0.05, 0) is 90.9 Å². The molecule has 2 aliphatic rings. The minimum atomic E-state index is -0.997. The topological polar surface area (TPSA) is 239 Å². The summed E-state index contributed by atoms with van der Waals surface area (Å²) in [4.78, 5) is 71.7. The number of likely N-dealkylation sites (N-methyl/N-ethyl adjacent to an activating group) is 1. The monoisotopic (exact) mass is 1170 g/mol. The molecule has 0 bridgehead atoms. The zero-order valence-corrected chi connectivity index (χ0v) is 49.0. The number of carbonyl (C=O) groups excluding carboxylic acids is 4. The summed E-state index contributed by atoms with van der Waals surface area (Å²) in [5.41, 5.74) is 5.34. The summed E-state index contributed by atoms with van der Waals surface area (Å²) in [6.07, 6.45) is 0.911. The molecule has 82 heavy (non-hydrogen) atoms. The number of aliphatic hydroxyl groups is 1. The van der Waals surface area contributed by atoms with E-state index in [0.29, 0.717) is 49.6 Å². The van der Waals surface area contributed by atoms with Crippen LogP contribution in [0.4, 0.5) is 10.3 Å². The zero-order chi connectivity index (χ0) is 58.5. The Hall–Kier alpha value is -6.43. The van der Waals surface area contributed by atoms with Crippen molar-refractivity contribution in [2.24, 2.45) is 5.41 Å². The molecule has 4 amide bonds. The number of amides is 4. The number of likely N-dealkylation sites (tertiary alicyclic amines) is 1. The lowest BCUT2D eigenvalue weighted by atomic mass is 9.85. The van der Waals surface area contributed by atoms with Gasteiger partial charge in [0.05, 0.1) is 85.2 Å². The molecule has 19 nitrogen and oxygen atoms in total. The van der Waals surface area contributed by atoms with E-state index in [9.17, 15) is 29.4 Å². The number of ether oxygens (including phenoxy) is 4. The Morgan fingerprint density at radius 3 is 2.28 bits per heavy atom. The van der Waals surface area contributed by atoms with Gasteiger partial charge in [0.2, 0.25) is 29.6 Å². The molecular weight excluding hydrogens is 1090 g/mol. The number of aryl methyl sites for hydroxylation is 1. The SMILES string of the molecule is Cc1ncsc1-c1ccc([C@H](C)NC(=O)[C@@H]2C[C@@H](O)CN2C(=O)[C@@H](NC(=O)COCCOCCOCCOCCN(C)C(=O)CCNc2nc(C3CCNCC3)c3cc(Cl)c(-c4cc(O)cc5ccccc45)c(F)c3n2)C(C)(C)C)cc1. The number of piperidine rings is 1. The Bertz CT molecular complexity index is 3180. The van der Waals surface area contributed by atoms with Gasteiger partial charge in [0.1, 0.15) is 30.0 Å². The van der Waals surface area contributed by atoms with Crippen LogP contribution in [0.3, 0.4) is 0 Å². The number of phenolic OH excluding ortho intramolecular Hbond substituents is 1. The Balaban J connectivity index is 0.699. The molecule has 6 N–H and O–H groups in total. The smallest absolute Gasteiger partial charge is 0.246 e. The van der Waals surface area contributed by atoms with Crippen molar-refractivity contribution in [3.05, 3.63) is 100 Å². The van der Waals surface area contributed by atoms with Crippen LogP contribution in [0.25, 0.3) is 43.2 Å². The number of carbonyl (C=O) groups is 4. The van der Waals surface area contributed by atoms with Crippen molar-refractivity contribution in [2.45, 2.75) is 90.4 Å². The second kappa shape index (κ2) is 28.7. The number of β-amino-alcohol motifs (C(OH)–C–C–N with tert-alkyl or cyclic N) is 1. The van der Waals surface area contributed by atoms with Gasteiger partial charge in [-0.2, -0.15) is 0 Å². The molecule has 22 heteroatoms. The highest BCUT2D eigenvalue weighted by atomic mass is 35.5. The Morgan fingerprint density at radius 2 is 1.60 bits per heavy atom. The van der Waals surface area contributed by atoms with Gasteiger partial charge >= 0.3 is 0 Å². The first-order valence-corrected chi connectivity index (χ1v) is 29.1. The van der Waals surface area contributed by atoms with E-state index in [0.717, 1.165) is 58.4 Å². The predicted molar refractivity (Wildman–Crippen MR) is 314 cm³/mol. The zero-order valence-electron chi connectivity index (χ0n) is 47.4. The van der Waals surface area contributed by atoms with Crippen LogP contribution in [0.2, 0.25) is 5.02 Å². The number of phenols is 1. The van der Waals surface area contributed by atoms with Crippen molar-refractivity contribution < 1.29 is 52.7 Å². The Labute approximate surface area is 486 Å². The molecule has 0 spiro atoms. The van der Waals surface area contributed by atoms with E-state index in [-0.39, 0.29) is 104 Å². The van der Waals surface area contributed by atoms with Crippen LogP contribution in [0.15, 0.2) is 72.2 Å². The number of rotatable bonds is 26. The van der Waals surface area contributed by atoms with Crippen molar-refractivity contribution in [1.82, 2.24) is 40.7 Å². The Kier molecular flexibility index (Phi) is 21.6. The third-order valence-electron chi connectivity index (χ3n) is 14.8. The average Bonchev–Trinajstić information content (AvgIpc) is 2.36. The van der Waals surface area contributed by atoms with Crippen LogP contribution >= 0.6 is 22.9 Å². The molecule has 6 aromatic rings. The molecule has 8 rings (SSSR count). The third-order valence-corrected chi connectivity index (χ3v) is 16.1. The number of hydrogen-bond donors (Lipinski definition) is 6. The summed E-state index contributed by atoms with van der Waals surface area (Å²) in [5, 5.41) is 35.7. The average molecular weight is 1170 g/mol. The fourth-order valence-corrected chi connectivity index (χ4v) is 11.4. The number of halogens is 2. The summed E-state index contributed by atoms with van der Waals surface area (Å²) in [7, 11) is 1.70. The standard InChI is InChI=1S/C60H75ClFN9O10S/c1-36(38-11-13-40(14-12-38)55-37(2)65-35-82-55)66-57(76)48-31-43(73)33-71(48)58(77)56(60(3,4)5)67-49(74)34-81-28-27-80-26-25-79-24-23-78-22-21-70(6)50(75)17-20-64-59-68-53(39-15-18-63-19-16-39)46-32-47(61)51(52(62)54(46)69-59)45-30-42(72)29-41-9-7-8-10-44(41)45/h7-14,29-30,32,35-36,39,43,48,56,63,72-73H,15-28,31,33-34H2,1-6H3,(H,66,76)(H,67,74)(H,64,68,69)/t36-,43+,48-,56+/m0/s1. The lowest BCUT2D eigenvalue weighted by molar-refractivity contribution is -0.144. The first-order chi connectivity index (χ1) is 39.4. The van der Waals surface area contributed by atoms with Crippen molar-refractivity contribution in [3.63, 3.8) is 0 Å². The summed E-state index contributed by atoms with van der Waals surface area (Å²) in [6, 6.07) is 17.9. The maximum atomic E-state index is 16.9. The largest absolute Gasteiger partial charge is 0.508 e. The van der Waals surface area contributed by atoms with Gasteiger partial charge in [0, 0.05) is 56.4 Å². The molecule has 0 unspecified atom stereocenters. The Morgan fingerprint density at radius 1 is 0.915 bits per heavy atom. The van der Waals surface area contributed by atoms with Gasteiger partial charge in [-0.3, -0.25) is 19.2 Å². The van der Waals surface area contributed by atoms with E-state index in [1.54, 1.807) is 35.4 Å². The van der Waals surface area contributed by atoms with Crippen LogP contribution in [0.5, 0.6) is 5.75 Å². The third kappa shape index (κ3) is 15.8. The number of aliphatic hydroxyl groups excluding tert-OH is 1. The van der Waals surface area contributed by atoms with E-state index < -0.39 is 41.2 Å². The number of fused-ring (bicyclic) bond motifs is 2. The van der Waals surface area contributed by atoms with Gasteiger partial charge in [-0.25, -0.2) is 19.3 Å². The second-order valence-electron chi connectivity index (χ2n) is 21.9. The highest BCUT2D eigenvalue weighted by Gasteiger charge is 2.45. The van der Waals surface area contributed by atoms with Crippen LogP contribution in [0.1, 0.15) is 82.3 Å². The van der Waals surface area contributed by atoms with E-state index >= 15 is 4.39 Å². The number of aromatic hydroxyl groups is 1. The van der Waals surface area contributed by atoms with Crippen LogP contribution in [0, 0.1) is 18.2 Å². The van der Waals surface area contributed by atoms with Gasteiger partial charge in [0.25, 0.3) is 0 Å². The van der Waals surface area contributed by atoms with E-state index in [1.807, 2.05) is 88.7 Å². The normalized spacial score (nSPS) is 16.6. The molecule has 0 radical (unpaired) electrons. The van der Waals surface area contributed by atoms with E-state index in [4.69, 9.17) is 35.5 Å². The minimum absolute atomic E-state index is 0.0138. The predicted octanol–water partition coefficient (Wildman–Crippen LogP) is 7.54. The highest BCUT2D eigenvalue weighted by Crippen LogP contribution is 2.43. The van der Waals surface area contributed by atoms with Crippen molar-refractivity contribution in [1.29, 1.82) is 0 Å². The van der Waals surface area contributed by atoms with Gasteiger partial charge < -0.3 is 60.2 Å². The second-order valence-corrected chi connectivity index (χ2v) is 23.1. The highest BCUT2D eigenvalue weighted by molar-refractivity contribution is 7.13. The molecule has 0 saturated carbocycles. The number of nitrogens with one attached hydrogen (secondary N) is 4. The van der Waals surface area contributed by atoms with Crippen LogP contribution < -0.4 is 21.3 Å².